The number of rotatable bonds is 1. The predicted molar refractivity (Wildman–Crippen MR) is 43.3 cm³/mol. The first kappa shape index (κ1) is 11.7. The summed E-state index contributed by atoms with van der Waals surface area (Å²) >= 11 is 0. The zero-order chi connectivity index (χ0) is 11.8. The van der Waals surface area contributed by atoms with E-state index >= 15 is 0 Å². The lowest BCUT2D eigenvalue weighted by Crippen LogP contribution is -2.12. The maximum atomic E-state index is 12.3. The highest BCUT2D eigenvalue weighted by Crippen LogP contribution is 2.35. The number of anilines is 1. The lowest BCUT2D eigenvalue weighted by molar-refractivity contribution is -0.138. The minimum absolute atomic E-state index is 0.316. The molecule has 15 heavy (non-hydrogen) atoms. The molecule has 2 N–H and O–H groups in total. The van der Waals surface area contributed by atoms with Crippen LogP contribution in [0.1, 0.15) is 23.2 Å². The molecule has 1 rings (SSSR count). The molecule has 0 bridgehead atoms. The van der Waals surface area contributed by atoms with Crippen LogP contribution in [0, 0.1) is 6.92 Å². The largest absolute Gasteiger partial charge is 0.416 e. The number of nitrogens with zero attached hydrogens (tertiary/aromatic N) is 1. The van der Waals surface area contributed by atoms with Crippen molar-refractivity contribution >= 4 is 5.82 Å². The maximum Gasteiger partial charge on any atom is 0.416 e. The van der Waals surface area contributed by atoms with Crippen molar-refractivity contribution in [1.82, 2.24) is 4.98 Å². The Kier molecular flexibility index (Phi) is 2.83. The van der Waals surface area contributed by atoms with Gasteiger partial charge in [0.05, 0.1) is 5.56 Å². The van der Waals surface area contributed by atoms with Gasteiger partial charge in [0, 0.05) is 5.56 Å². The van der Waals surface area contributed by atoms with E-state index in [-0.39, 0.29) is 5.56 Å². The Morgan fingerprint density at radius 1 is 1.33 bits per heavy atom. The van der Waals surface area contributed by atoms with Crippen molar-refractivity contribution in [3.63, 3.8) is 0 Å². The Hall–Kier alpha value is -1.40. The van der Waals surface area contributed by atoms with E-state index in [2.05, 4.69) is 4.98 Å². The van der Waals surface area contributed by atoms with Crippen molar-refractivity contribution in [2.75, 3.05) is 5.73 Å². The molecule has 2 nitrogen and oxygen atoms in total. The van der Waals surface area contributed by atoms with Gasteiger partial charge in [-0.3, -0.25) is 0 Å². The lowest BCUT2D eigenvalue weighted by atomic mass is 10.1. The minimum Gasteiger partial charge on any atom is -0.383 e. The van der Waals surface area contributed by atoms with E-state index in [1.165, 1.54) is 0 Å². The first-order chi connectivity index (χ1) is 6.73. The van der Waals surface area contributed by atoms with Gasteiger partial charge in [-0.05, 0) is 13.0 Å². The van der Waals surface area contributed by atoms with Gasteiger partial charge in [-0.15, -0.1) is 0 Å². The molecule has 0 saturated carbocycles. The Bertz CT molecular complexity index is 372. The Balaban J connectivity index is 3.38. The highest BCUT2D eigenvalue weighted by atomic mass is 19.4. The molecule has 7 heteroatoms. The number of halogens is 5. The van der Waals surface area contributed by atoms with Gasteiger partial charge < -0.3 is 5.73 Å². The second-order valence-corrected chi connectivity index (χ2v) is 2.90. The molecule has 1 aromatic rings. The summed E-state index contributed by atoms with van der Waals surface area (Å²) in [5, 5.41) is 0. The molecule has 0 aliphatic heterocycles. The van der Waals surface area contributed by atoms with E-state index < -0.39 is 29.7 Å². The van der Waals surface area contributed by atoms with E-state index in [4.69, 9.17) is 5.73 Å². The number of alkyl halides is 5. The zero-order valence-electron chi connectivity index (χ0n) is 7.57. The van der Waals surface area contributed by atoms with E-state index in [1.807, 2.05) is 0 Å². The summed E-state index contributed by atoms with van der Waals surface area (Å²) in [6.45, 7) is 1.08. The number of nitrogen functional groups attached to an aromatic ring is 1. The molecule has 0 aliphatic rings. The molecule has 0 unspecified atom stereocenters. The monoisotopic (exact) mass is 226 g/mol. The van der Waals surface area contributed by atoms with Gasteiger partial charge in [-0.1, -0.05) is 0 Å². The Labute approximate surface area is 81.9 Å². The van der Waals surface area contributed by atoms with Crippen LogP contribution in [-0.4, -0.2) is 4.98 Å². The van der Waals surface area contributed by atoms with Gasteiger partial charge in [0.25, 0.3) is 6.43 Å². The van der Waals surface area contributed by atoms with Crippen LogP contribution < -0.4 is 5.73 Å². The normalized spacial score (nSPS) is 12.2. The Morgan fingerprint density at radius 2 is 1.87 bits per heavy atom. The first-order valence-corrected chi connectivity index (χ1v) is 3.86. The Morgan fingerprint density at radius 3 is 2.27 bits per heavy atom. The van der Waals surface area contributed by atoms with Gasteiger partial charge in [0.1, 0.15) is 11.5 Å². The van der Waals surface area contributed by atoms with Gasteiger partial charge >= 0.3 is 6.18 Å². The van der Waals surface area contributed by atoms with Crippen LogP contribution in [0.15, 0.2) is 6.07 Å². The summed E-state index contributed by atoms with van der Waals surface area (Å²) < 4.78 is 61.4. The summed E-state index contributed by atoms with van der Waals surface area (Å²) in [6, 6.07) is 0.316. The highest BCUT2D eigenvalue weighted by Gasteiger charge is 2.34. The molecule has 0 aliphatic carbocycles. The fourth-order valence-electron chi connectivity index (χ4n) is 1.06. The third-order valence-electron chi connectivity index (χ3n) is 1.86. The van der Waals surface area contributed by atoms with Crippen molar-refractivity contribution in [3.05, 3.63) is 22.9 Å². The molecule has 0 saturated heterocycles. The van der Waals surface area contributed by atoms with E-state index in [0.29, 0.717) is 6.07 Å². The van der Waals surface area contributed by atoms with Crippen molar-refractivity contribution in [3.8, 4) is 0 Å². The van der Waals surface area contributed by atoms with Crippen LogP contribution in [0.5, 0.6) is 0 Å². The van der Waals surface area contributed by atoms with E-state index in [0.717, 1.165) is 6.92 Å². The molecular weight excluding hydrogens is 219 g/mol. The molecule has 1 aromatic heterocycles. The molecule has 0 atom stereocenters. The molecule has 0 spiro atoms. The molecule has 84 valence electrons. The zero-order valence-corrected chi connectivity index (χ0v) is 7.57. The van der Waals surface area contributed by atoms with Gasteiger partial charge in [-0.25, -0.2) is 13.8 Å². The fraction of sp³-hybridized carbons (Fsp3) is 0.375. The number of nitrogens with two attached hydrogens (primary N) is 1. The van der Waals surface area contributed by atoms with Crippen LogP contribution in [-0.2, 0) is 6.18 Å². The predicted octanol–water partition coefficient (Wildman–Crippen LogP) is 2.93. The quantitative estimate of drug-likeness (QED) is 0.747. The topological polar surface area (TPSA) is 38.9 Å². The highest BCUT2D eigenvalue weighted by molar-refractivity contribution is 5.46. The average molecular weight is 226 g/mol. The second kappa shape index (κ2) is 3.63. The van der Waals surface area contributed by atoms with Crippen molar-refractivity contribution in [1.29, 1.82) is 0 Å². The standard InChI is InChI=1S/C8H7F5N2/c1-3-4(8(11,12)13)2-5(6(9)10)15-7(3)14/h2,6H,1H3,(H2,14,15). The number of hydrogen-bond donors (Lipinski definition) is 1. The summed E-state index contributed by atoms with van der Waals surface area (Å²) in [6.07, 6.45) is -7.78. The van der Waals surface area contributed by atoms with Crippen LogP contribution >= 0.6 is 0 Å². The average Bonchev–Trinajstić information content (AvgIpc) is 2.06. The molecule has 0 radical (unpaired) electrons. The van der Waals surface area contributed by atoms with Crippen molar-refractivity contribution < 1.29 is 22.0 Å². The van der Waals surface area contributed by atoms with Crippen molar-refractivity contribution in [2.24, 2.45) is 0 Å². The third kappa shape index (κ3) is 2.34. The lowest BCUT2D eigenvalue weighted by Gasteiger charge is -2.13. The summed E-state index contributed by atoms with van der Waals surface area (Å²) in [5.74, 6) is -0.528. The number of pyridine rings is 1. The van der Waals surface area contributed by atoms with E-state index in [1.54, 1.807) is 0 Å². The van der Waals surface area contributed by atoms with Crippen molar-refractivity contribution in [2.45, 2.75) is 19.5 Å². The minimum atomic E-state index is -4.70. The molecular formula is C8H7F5N2. The number of hydrogen-bond acceptors (Lipinski definition) is 2. The summed E-state index contributed by atoms with van der Waals surface area (Å²) in [4.78, 5) is 3.17. The van der Waals surface area contributed by atoms with Gasteiger partial charge in [0.2, 0.25) is 0 Å². The van der Waals surface area contributed by atoms with Gasteiger partial charge in [0.15, 0.2) is 0 Å². The third-order valence-corrected chi connectivity index (χ3v) is 1.86. The first-order valence-electron chi connectivity index (χ1n) is 3.86. The smallest absolute Gasteiger partial charge is 0.383 e. The van der Waals surface area contributed by atoms with Crippen LogP contribution in [0.3, 0.4) is 0 Å². The van der Waals surface area contributed by atoms with E-state index in [9.17, 15) is 22.0 Å². The molecule has 0 aromatic carbocycles. The van der Waals surface area contributed by atoms with Crippen LogP contribution in [0.4, 0.5) is 27.8 Å². The summed E-state index contributed by atoms with van der Waals surface area (Å²) in [5.41, 5.74) is 2.63. The SMILES string of the molecule is Cc1c(C(F)(F)F)cc(C(F)F)nc1N. The van der Waals surface area contributed by atoms with Gasteiger partial charge in [-0.2, -0.15) is 13.2 Å². The number of aromatic nitrogens is 1. The second-order valence-electron chi connectivity index (χ2n) is 2.90. The molecule has 0 amide bonds. The molecule has 0 fully saturated rings. The fourth-order valence-corrected chi connectivity index (χ4v) is 1.06. The molecule has 1 heterocycles. The summed E-state index contributed by atoms with van der Waals surface area (Å²) in [7, 11) is 0. The van der Waals surface area contributed by atoms with Crippen LogP contribution in [0.2, 0.25) is 0 Å². The van der Waals surface area contributed by atoms with Crippen LogP contribution in [0.25, 0.3) is 0 Å². The maximum absolute atomic E-state index is 12.3.